The van der Waals surface area contributed by atoms with Crippen molar-refractivity contribution in [2.24, 2.45) is 12.2 Å². The van der Waals surface area contributed by atoms with Crippen molar-refractivity contribution >= 4 is 52.9 Å². The van der Waals surface area contributed by atoms with Crippen molar-refractivity contribution in [1.82, 2.24) is 30.4 Å². The lowest BCUT2D eigenvalue weighted by Crippen LogP contribution is -2.70. The summed E-state index contributed by atoms with van der Waals surface area (Å²) in [5.41, 5.74) is -0.491. The number of aryl methyl sites for hydroxylation is 1. The molecule has 3 rings (SSSR count). The third kappa shape index (κ3) is 3.99. The van der Waals surface area contributed by atoms with E-state index in [1.54, 1.807) is 7.05 Å². The molecule has 2 aliphatic rings. The van der Waals surface area contributed by atoms with Crippen LogP contribution in [0.1, 0.15) is 0 Å². The van der Waals surface area contributed by atoms with Crippen LogP contribution >= 0.6 is 35.1 Å². The summed E-state index contributed by atoms with van der Waals surface area (Å²) in [6.07, 6.45) is 0. The number of carbonyl (C=O) groups excluding carboxylic acids is 2. The molecule has 2 aliphatic heterocycles. The highest BCUT2D eigenvalue weighted by molar-refractivity contribution is 8.01. The number of tetrazole rings is 1. The van der Waals surface area contributed by atoms with Crippen LogP contribution in [0.3, 0.4) is 0 Å². The Bertz CT molecular complexity index is 980. The molecule has 1 aromatic rings. The number of nitrogens with one attached hydrogen (secondary N) is 1. The SMILES string of the molecule is Cn1nnnc1SCC1=C(C(=O)O)N2C(=O)C(NC(=O)C(N=O)=C(O)CCl)[C@@H]2SC1. The number of halogens is 1. The van der Waals surface area contributed by atoms with Crippen LogP contribution < -0.4 is 5.32 Å². The number of aromatic nitrogens is 4. The number of aliphatic hydroxyl groups excluding tert-OH is 1. The van der Waals surface area contributed by atoms with Gasteiger partial charge in [0.15, 0.2) is 0 Å². The average molecular weight is 476 g/mol. The molecule has 1 fully saturated rings. The number of nitroso groups, excluding NO2 is 1. The van der Waals surface area contributed by atoms with E-state index in [2.05, 4.69) is 26.0 Å². The summed E-state index contributed by atoms with van der Waals surface area (Å²) < 4.78 is 1.44. The first kappa shape index (κ1) is 22.0. The van der Waals surface area contributed by atoms with Gasteiger partial charge in [0.1, 0.15) is 22.9 Å². The number of aliphatic hydroxyl groups is 1. The highest BCUT2D eigenvalue weighted by Crippen LogP contribution is 2.41. The number of fused-ring (bicyclic) bond motifs is 1. The third-order valence-corrected chi connectivity index (χ3v) is 6.89. The molecule has 160 valence electrons. The van der Waals surface area contributed by atoms with Crippen molar-refractivity contribution in [2.45, 2.75) is 16.6 Å². The van der Waals surface area contributed by atoms with Crippen molar-refractivity contribution < 1.29 is 24.6 Å². The van der Waals surface area contributed by atoms with E-state index in [9.17, 15) is 29.5 Å². The maximum atomic E-state index is 12.6. The number of carbonyl (C=O) groups is 3. The molecule has 3 N–H and O–H groups in total. The molecule has 2 amide bonds. The van der Waals surface area contributed by atoms with Gasteiger partial charge in [-0.05, 0) is 21.2 Å². The summed E-state index contributed by atoms with van der Waals surface area (Å²) in [5, 5.41) is 34.7. The Morgan fingerprint density at radius 3 is 2.73 bits per heavy atom. The number of rotatable bonds is 8. The zero-order chi connectivity index (χ0) is 22.0. The number of alkyl halides is 1. The lowest BCUT2D eigenvalue weighted by atomic mass is 10.0. The topological polar surface area (TPSA) is 180 Å². The third-order valence-electron chi connectivity index (χ3n) is 4.20. The fraction of sp³-hybridized carbons (Fsp3) is 0.429. The summed E-state index contributed by atoms with van der Waals surface area (Å²) in [6.45, 7) is 0. The monoisotopic (exact) mass is 475 g/mol. The standard InChI is InChI=1S/C14H14ClN7O6S2/c1-21-14(17-19-20-21)30-4-5-3-29-12-8(11(25)22(12)9(5)13(26)27)16-10(24)7(18-28)6(23)2-15/h8,12,23H,2-4H2,1H3,(H,16,24)(H,26,27)/t8?,12-/m0/s1. The summed E-state index contributed by atoms with van der Waals surface area (Å²) in [6, 6.07) is -1.08. The van der Waals surface area contributed by atoms with Crippen LogP contribution in [-0.2, 0) is 21.4 Å². The van der Waals surface area contributed by atoms with E-state index in [1.807, 2.05) is 0 Å². The molecule has 1 aromatic heterocycles. The predicted octanol–water partition coefficient (Wildman–Crippen LogP) is -0.184. The van der Waals surface area contributed by atoms with Crippen molar-refractivity contribution in [3.05, 3.63) is 27.6 Å². The van der Waals surface area contributed by atoms with Gasteiger partial charge in [0.25, 0.3) is 11.8 Å². The number of hydrogen-bond acceptors (Lipinski definition) is 11. The molecule has 1 unspecified atom stereocenters. The van der Waals surface area contributed by atoms with Gasteiger partial charge in [-0.1, -0.05) is 11.8 Å². The second kappa shape index (κ2) is 9.01. The Labute approximate surface area is 181 Å². The van der Waals surface area contributed by atoms with Crippen LogP contribution in [0.25, 0.3) is 0 Å². The van der Waals surface area contributed by atoms with E-state index in [0.29, 0.717) is 16.5 Å². The molecule has 2 atom stereocenters. The number of amides is 2. The first-order valence-corrected chi connectivity index (χ1v) is 10.7. The van der Waals surface area contributed by atoms with Gasteiger partial charge in [0.2, 0.25) is 10.9 Å². The van der Waals surface area contributed by atoms with Crippen LogP contribution in [0.15, 0.2) is 33.1 Å². The molecular formula is C14H14ClN7O6S2. The Morgan fingerprint density at radius 1 is 1.43 bits per heavy atom. The normalized spacial score (nSPS) is 21.5. The van der Waals surface area contributed by atoms with E-state index in [-0.39, 0.29) is 11.4 Å². The van der Waals surface area contributed by atoms with E-state index in [4.69, 9.17) is 11.6 Å². The zero-order valence-corrected chi connectivity index (χ0v) is 17.6. The fourth-order valence-electron chi connectivity index (χ4n) is 2.79. The average Bonchev–Trinajstić information content (AvgIpc) is 3.14. The highest BCUT2D eigenvalue weighted by atomic mass is 35.5. The van der Waals surface area contributed by atoms with Crippen molar-refractivity contribution in [3.8, 4) is 0 Å². The largest absolute Gasteiger partial charge is 0.508 e. The van der Waals surface area contributed by atoms with Gasteiger partial charge in [-0.3, -0.25) is 14.5 Å². The number of allylic oxidation sites excluding steroid dienone is 1. The first-order chi connectivity index (χ1) is 14.3. The number of carboxylic acid groups (broad SMARTS) is 1. The molecule has 13 nitrogen and oxygen atoms in total. The summed E-state index contributed by atoms with van der Waals surface area (Å²) in [5.74, 6) is -3.70. The lowest BCUT2D eigenvalue weighted by molar-refractivity contribution is -0.150. The Morgan fingerprint density at radius 2 is 2.17 bits per heavy atom. The molecular weight excluding hydrogens is 462 g/mol. The van der Waals surface area contributed by atoms with Crippen molar-refractivity contribution in [1.29, 1.82) is 0 Å². The summed E-state index contributed by atoms with van der Waals surface area (Å²) in [7, 11) is 1.64. The van der Waals surface area contributed by atoms with Crippen LogP contribution in [-0.4, -0.2) is 81.9 Å². The zero-order valence-electron chi connectivity index (χ0n) is 15.2. The van der Waals surface area contributed by atoms with Crippen LogP contribution in [0.5, 0.6) is 0 Å². The van der Waals surface area contributed by atoms with Gasteiger partial charge in [-0.15, -0.1) is 33.4 Å². The quantitative estimate of drug-likeness (QED) is 0.113. The number of nitrogens with zero attached hydrogens (tertiary/aromatic N) is 6. The molecule has 0 bridgehead atoms. The van der Waals surface area contributed by atoms with Crippen LogP contribution in [0.2, 0.25) is 0 Å². The Hall–Kier alpha value is -2.65. The van der Waals surface area contributed by atoms with E-state index in [1.165, 1.54) is 28.2 Å². The summed E-state index contributed by atoms with van der Waals surface area (Å²) in [4.78, 5) is 48.4. The lowest BCUT2D eigenvalue weighted by Gasteiger charge is -2.49. The molecule has 0 aromatic carbocycles. The Kier molecular flexibility index (Phi) is 6.62. The molecule has 0 radical (unpaired) electrons. The van der Waals surface area contributed by atoms with E-state index < -0.39 is 46.5 Å². The second-order valence-corrected chi connectivity index (χ2v) is 8.33. The minimum absolute atomic E-state index is 0.162. The maximum absolute atomic E-state index is 12.6. The van der Waals surface area contributed by atoms with Crippen molar-refractivity contribution in [3.63, 3.8) is 0 Å². The number of aliphatic carboxylic acids is 1. The number of carboxylic acids is 1. The molecule has 0 aliphatic carbocycles. The molecule has 16 heteroatoms. The van der Waals surface area contributed by atoms with Gasteiger partial charge in [0.05, 0.1) is 5.88 Å². The van der Waals surface area contributed by atoms with Crippen LogP contribution in [0, 0.1) is 4.91 Å². The highest BCUT2D eigenvalue weighted by Gasteiger charge is 2.54. The van der Waals surface area contributed by atoms with Gasteiger partial charge in [-0.2, -0.15) is 0 Å². The minimum Gasteiger partial charge on any atom is -0.508 e. The smallest absolute Gasteiger partial charge is 0.352 e. The van der Waals surface area contributed by atoms with E-state index >= 15 is 0 Å². The summed E-state index contributed by atoms with van der Waals surface area (Å²) >= 11 is 7.87. The van der Waals surface area contributed by atoms with Gasteiger partial charge in [0, 0.05) is 18.6 Å². The molecule has 0 saturated carbocycles. The van der Waals surface area contributed by atoms with Gasteiger partial charge in [-0.25, -0.2) is 9.48 Å². The predicted molar refractivity (Wildman–Crippen MR) is 105 cm³/mol. The first-order valence-electron chi connectivity index (χ1n) is 8.17. The molecule has 1 saturated heterocycles. The number of hydrogen-bond donors (Lipinski definition) is 3. The fourth-order valence-corrected chi connectivity index (χ4v) is 5.25. The molecule has 0 spiro atoms. The molecule has 30 heavy (non-hydrogen) atoms. The van der Waals surface area contributed by atoms with E-state index in [0.717, 1.165) is 4.90 Å². The van der Waals surface area contributed by atoms with Crippen molar-refractivity contribution in [2.75, 3.05) is 17.4 Å². The van der Waals surface area contributed by atoms with Crippen LogP contribution in [0.4, 0.5) is 0 Å². The Balaban J connectivity index is 1.76. The maximum Gasteiger partial charge on any atom is 0.352 e. The van der Waals surface area contributed by atoms with Gasteiger partial charge >= 0.3 is 5.97 Å². The second-order valence-electron chi connectivity index (χ2n) is 6.01. The van der Waals surface area contributed by atoms with Gasteiger partial charge < -0.3 is 15.5 Å². The number of β-lactam (4-membered cyclic amide) rings is 1. The number of thioether (sulfide) groups is 2. The molecule has 3 heterocycles. The minimum atomic E-state index is -1.28.